The van der Waals surface area contributed by atoms with Gasteiger partial charge in [-0.05, 0) is 43.2 Å². The van der Waals surface area contributed by atoms with E-state index >= 15 is 0 Å². The second-order valence-electron chi connectivity index (χ2n) is 7.03. The van der Waals surface area contributed by atoms with Crippen molar-refractivity contribution in [3.05, 3.63) is 35.4 Å². The Balaban J connectivity index is 2.60. The first kappa shape index (κ1) is 23.4. The van der Waals surface area contributed by atoms with Gasteiger partial charge < -0.3 is 15.5 Å². The Labute approximate surface area is 158 Å². The number of hydrogen-bond donors (Lipinski definition) is 3. The summed E-state index contributed by atoms with van der Waals surface area (Å²) in [6.07, 6.45) is -1.34. The average Bonchev–Trinajstić information content (AvgIpc) is 2.60. The zero-order valence-corrected chi connectivity index (χ0v) is 16.0. The maximum atomic E-state index is 12.1. The first-order valence-electron chi connectivity index (χ1n) is 9.45. The minimum atomic E-state index is -4.92. The molecule has 27 heavy (non-hydrogen) atoms. The SMILES string of the molecule is CCCC(O)(CCC)CCc1cccc([C@H](O)CCNC(=O)C(F)(F)F)c1. The maximum Gasteiger partial charge on any atom is 0.471 e. The second-order valence-corrected chi connectivity index (χ2v) is 7.03. The molecule has 1 amide bonds. The van der Waals surface area contributed by atoms with E-state index in [1.165, 1.54) is 0 Å². The number of alkyl halides is 3. The number of benzene rings is 1. The van der Waals surface area contributed by atoms with E-state index in [9.17, 15) is 28.2 Å². The zero-order valence-electron chi connectivity index (χ0n) is 16.0. The lowest BCUT2D eigenvalue weighted by molar-refractivity contribution is -0.173. The van der Waals surface area contributed by atoms with Crippen molar-refractivity contribution in [2.45, 2.75) is 76.7 Å². The standard InChI is InChI=1S/C20H30F3NO3/c1-3-10-19(27,11-4-2)12-8-15-6-5-7-16(14-15)17(25)9-13-24-18(26)20(21,22)23/h5-7,14,17,25,27H,3-4,8-13H2,1-2H3,(H,24,26)/t17-/m1/s1. The fourth-order valence-corrected chi connectivity index (χ4v) is 3.23. The summed E-state index contributed by atoms with van der Waals surface area (Å²) in [6.45, 7) is 3.81. The summed E-state index contributed by atoms with van der Waals surface area (Å²) in [5, 5.41) is 22.6. The van der Waals surface area contributed by atoms with E-state index < -0.39 is 23.8 Å². The molecule has 0 bridgehead atoms. The Morgan fingerprint density at radius 3 is 2.33 bits per heavy atom. The summed E-state index contributed by atoms with van der Waals surface area (Å²) in [5.74, 6) is -2.01. The molecule has 0 spiro atoms. The molecule has 3 N–H and O–H groups in total. The number of carbonyl (C=O) groups excluding carboxylic acids is 1. The van der Waals surface area contributed by atoms with Crippen molar-refractivity contribution in [3.63, 3.8) is 0 Å². The van der Waals surface area contributed by atoms with E-state index in [1.807, 2.05) is 19.9 Å². The van der Waals surface area contributed by atoms with Crippen LogP contribution in [0.25, 0.3) is 0 Å². The number of aryl methyl sites for hydroxylation is 1. The fraction of sp³-hybridized carbons (Fsp3) is 0.650. The van der Waals surface area contributed by atoms with Gasteiger partial charge in [0, 0.05) is 6.54 Å². The van der Waals surface area contributed by atoms with Crippen molar-refractivity contribution in [3.8, 4) is 0 Å². The predicted molar refractivity (Wildman–Crippen MR) is 98.2 cm³/mol. The Kier molecular flexibility index (Phi) is 9.26. The van der Waals surface area contributed by atoms with E-state index in [0.717, 1.165) is 31.2 Å². The van der Waals surface area contributed by atoms with Crippen molar-refractivity contribution in [2.24, 2.45) is 0 Å². The van der Waals surface area contributed by atoms with Gasteiger partial charge in [0.25, 0.3) is 0 Å². The Morgan fingerprint density at radius 2 is 1.78 bits per heavy atom. The molecule has 0 aliphatic carbocycles. The van der Waals surface area contributed by atoms with Gasteiger partial charge in [0.15, 0.2) is 0 Å². The predicted octanol–water partition coefficient (Wildman–Crippen LogP) is 4.05. The summed E-state index contributed by atoms with van der Waals surface area (Å²) >= 11 is 0. The number of hydrogen-bond acceptors (Lipinski definition) is 3. The quantitative estimate of drug-likeness (QED) is 0.535. The van der Waals surface area contributed by atoms with Crippen LogP contribution in [0.15, 0.2) is 24.3 Å². The Morgan fingerprint density at radius 1 is 1.15 bits per heavy atom. The minimum Gasteiger partial charge on any atom is -0.390 e. The highest BCUT2D eigenvalue weighted by Crippen LogP contribution is 2.26. The summed E-state index contributed by atoms with van der Waals surface area (Å²) in [5.41, 5.74) is 0.847. The second kappa shape index (κ2) is 10.7. The molecule has 0 saturated heterocycles. The summed E-state index contributed by atoms with van der Waals surface area (Å²) in [4.78, 5) is 10.8. The van der Waals surface area contributed by atoms with Gasteiger partial charge in [0.1, 0.15) is 0 Å². The van der Waals surface area contributed by atoms with Crippen LogP contribution in [-0.4, -0.2) is 34.4 Å². The summed E-state index contributed by atoms with van der Waals surface area (Å²) in [6, 6.07) is 7.18. The van der Waals surface area contributed by atoms with Crippen LogP contribution in [0, 0.1) is 0 Å². The third-order valence-electron chi connectivity index (χ3n) is 4.61. The van der Waals surface area contributed by atoms with Crippen molar-refractivity contribution in [1.29, 1.82) is 0 Å². The van der Waals surface area contributed by atoms with Crippen molar-refractivity contribution in [1.82, 2.24) is 5.32 Å². The van der Waals surface area contributed by atoms with Crippen molar-refractivity contribution >= 4 is 5.91 Å². The molecule has 1 aromatic rings. The first-order chi connectivity index (χ1) is 12.6. The molecule has 4 nitrogen and oxygen atoms in total. The van der Waals surface area contributed by atoms with E-state index in [4.69, 9.17) is 0 Å². The fourth-order valence-electron chi connectivity index (χ4n) is 3.23. The molecule has 1 aromatic carbocycles. The topological polar surface area (TPSA) is 69.6 Å². The summed E-state index contributed by atoms with van der Waals surface area (Å²) < 4.78 is 36.4. The van der Waals surface area contributed by atoms with Crippen LogP contribution in [0.1, 0.15) is 69.6 Å². The van der Waals surface area contributed by atoms with E-state index in [2.05, 4.69) is 0 Å². The molecule has 0 unspecified atom stereocenters. The van der Waals surface area contributed by atoms with Gasteiger partial charge in [-0.1, -0.05) is 51.0 Å². The van der Waals surface area contributed by atoms with E-state index in [-0.39, 0.29) is 13.0 Å². The molecule has 0 aliphatic heterocycles. The zero-order chi connectivity index (χ0) is 20.5. The van der Waals surface area contributed by atoms with Gasteiger partial charge in [-0.25, -0.2) is 0 Å². The summed E-state index contributed by atoms with van der Waals surface area (Å²) in [7, 11) is 0. The highest BCUT2D eigenvalue weighted by Gasteiger charge is 2.38. The molecular weight excluding hydrogens is 359 g/mol. The van der Waals surface area contributed by atoms with Gasteiger partial charge in [0.05, 0.1) is 11.7 Å². The van der Waals surface area contributed by atoms with Crippen LogP contribution in [0.5, 0.6) is 0 Å². The number of amides is 1. The molecule has 0 aromatic heterocycles. The number of halogens is 3. The van der Waals surface area contributed by atoms with Gasteiger partial charge >= 0.3 is 12.1 Å². The normalized spacial score (nSPS) is 13.4. The van der Waals surface area contributed by atoms with Crippen LogP contribution in [0.2, 0.25) is 0 Å². The van der Waals surface area contributed by atoms with Crippen LogP contribution >= 0.6 is 0 Å². The lowest BCUT2D eigenvalue weighted by atomic mass is 9.86. The van der Waals surface area contributed by atoms with Gasteiger partial charge in [0.2, 0.25) is 0 Å². The lowest BCUT2D eigenvalue weighted by Crippen LogP contribution is -2.37. The molecule has 154 valence electrons. The van der Waals surface area contributed by atoms with Crippen molar-refractivity contribution < 1.29 is 28.2 Å². The minimum absolute atomic E-state index is 0.0130. The van der Waals surface area contributed by atoms with Crippen LogP contribution in [-0.2, 0) is 11.2 Å². The Hall–Kier alpha value is -1.60. The smallest absolute Gasteiger partial charge is 0.390 e. The number of aliphatic hydroxyl groups is 2. The van der Waals surface area contributed by atoms with E-state index in [0.29, 0.717) is 18.4 Å². The molecule has 1 atom stereocenters. The molecule has 0 saturated carbocycles. The maximum absolute atomic E-state index is 12.1. The number of rotatable bonds is 11. The molecule has 1 rings (SSSR count). The highest BCUT2D eigenvalue weighted by atomic mass is 19.4. The molecule has 0 heterocycles. The van der Waals surface area contributed by atoms with Gasteiger partial charge in [-0.3, -0.25) is 4.79 Å². The Bertz CT molecular complexity index is 584. The molecule has 0 radical (unpaired) electrons. The third-order valence-corrected chi connectivity index (χ3v) is 4.61. The number of carbonyl (C=O) groups is 1. The van der Waals surface area contributed by atoms with Gasteiger partial charge in [-0.2, -0.15) is 13.2 Å². The first-order valence-corrected chi connectivity index (χ1v) is 9.45. The molecule has 0 fully saturated rings. The van der Waals surface area contributed by atoms with E-state index in [1.54, 1.807) is 23.5 Å². The van der Waals surface area contributed by atoms with Crippen LogP contribution in [0.4, 0.5) is 13.2 Å². The third kappa shape index (κ3) is 8.30. The molecule has 0 aliphatic rings. The largest absolute Gasteiger partial charge is 0.471 e. The number of aliphatic hydroxyl groups excluding tert-OH is 1. The van der Waals surface area contributed by atoms with Crippen LogP contribution in [0.3, 0.4) is 0 Å². The molecular formula is C20H30F3NO3. The van der Waals surface area contributed by atoms with Crippen molar-refractivity contribution in [2.75, 3.05) is 6.54 Å². The average molecular weight is 389 g/mol. The van der Waals surface area contributed by atoms with Gasteiger partial charge in [-0.15, -0.1) is 0 Å². The molecule has 7 heteroatoms. The number of nitrogens with one attached hydrogen (secondary N) is 1. The van der Waals surface area contributed by atoms with Crippen LogP contribution < -0.4 is 5.32 Å². The monoisotopic (exact) mass is 389 g/mol. The highest BCUT2D eigenvalue weighted by molar-refractivity contribution is 5.81. The lowest BCUT2D eigenvalue weighted by Gasteiger charge is -2.27.